The number of pyridine rings is 1. The van der Waals surface area contributed by atoms with Crippen LogP contribution in [0.25, 0.3) is 12.2 Å². The van der Waals surface area contributed by atoms with E-state index in [2.05, 4.69) is 37.0 Å². The lowest BCUT2D eigenvalue weighted by atomic mass is 10.2. The SMILES string of the molecule is CC1=CC(Nc2nc(/C=C/c3cccc(Cl)c3)nc(N3CCN(c4ccncc4)CC3)n2)=NC1. The van der Waals surface area contributed by atoms with Gasteiger partial charge in [-0.3, -0.25) is 9.98 Å². The Labute approximate surface area is 203 Å². The fraction of sp³-hybridized carbons (Fsp3) is 0.240. The number of hydrogen-bond acceptors (Lipinski definition) is 8. The maximum atomic E-state index is 6.12. The number of nitrogens with zero attached hydrogens (tertiary/aromatic N) is 7. The van der Waals surface area contributed by atoms with Gasteiger partial charge in [0.2, 0.25) is 11.9 Å². The summed E-state index contributed by atoms with van der Waals surface area (Å²) in [7, 11) is 0. The van der Waals surface area contributed by atoms with E-state index in [-0.39, 0.29) is 0 Å². The van der Waals surface area contributed by atoms with E-state index in [0.29, 0.717) is 29.3 Å². The summed E-state index contributed by atoms with van der Waals surface area (Å²) in [5.41, 5.74) is 3.36. The summed E-state index contributed by atoms with van der Waals surface area (Å²) in [4.78, 5) is 27.2. The second-order valence-electron chi connectivity index (χ2n) is 8.20. The van der Waals surface area contributed by atoms with E-state index < -0.39 is 0 Å². The molecule has 0 radical (unpaired) electrons. The molecule has 0 aliphatic carbocycles. The van der Waals surface area contributed by atoms with E-state index in [0.717, 1.165) is 37.6 Å². The average Bonchev–Trinajstić information content (AvgIpc) is 3.27. The molecule has 9 heteroatoms. The average molecular weight is 473 g/mol. The van der Waals surface area contributed by atoms with E-state index >= 15 is 0 Å². The third-order valence-corrected chi connectivity index (χ3v) is 5.86. The topological polar surface area (TPSA) is 82.4 Å². The molecular formula is C25H25ClN8. The molecule has 2 aliphatic heterocycles. The molecule has 0 amide bonds. The molecule has 1 fully saturated rings. The van der Waals surface area contributed by atoms with Crippen LogP contribution in [-0.4, -0.2) is 58.5 Å². The Balaban J connectivity index is 1.38. The molecule has 2 aliphatic rings. The first-order valence-electron chi connectivity index (χ1n) is 11.2. The maximum absolute atomic E-state index is 6.12. The molecule has 0 bridgehead atoms. The number of anilines is 3. The second-order valence-corrected chi connectivity index (χ2v) is 8.64. The van der Waals surface area contributed by atoms with Gasteiger partial charge in [-0.25, -0.2) is 0 Å². The van der Waals surface area contributed by atoms with Crippen LogP contribution in [0.15, 0.2) is 65.4 Å². The summed E-state index contributed by atoms with van der Waals surface area (Å²) in [5.74, 6) is 2.47. The summed E-state index contributed by atoms with van der Waals surface area (Å²) < 4.78 is 0. The molecular weight excluding hydrogens is 448 g/mol. The molecule has 2 aromatic heterocycles. The van der Waals surface area contributed by atoms with Crippen molar-refractivity contribution in [3.8, 4) is 0 Å². The van der Waals surface area contributed by atoms with Crippen molar-refractivity contribution in [2.75, 3.05) is 47.8 Å². The smallest absolute Gasteiger partial charge is 0.233 e. The fourth-order valence-corrected chi connectivity index (χ4v) is 4.08. The third-order valence-electron chi connectivity index (χ3n) is 5.63. The Morgan fingerprint density at radius 3 is 2.47 bits per heavy atom. The number of amidine groups is 1. The van der Waals surface area contributed by atoms with Crippen molar-refractivity contribution in [3.05, 3.63) is 76.9 Å². The molecule has 3 aromatic rings. The minimum atomic E-state index is 0.483. The van der Waals surface area contributed by atoms with Crippen LogP contribution in [0.1, 0.15) is 18.3 Å². The zero-order valence-electron chi connectivity index (χ0n) is 18.9. The molecule has 172 valence electrons. The van der Waals surface area contributed by atoms with Gasteiger partial charge in [0, 0.05) is 49.3 Å². The van der Waals surface area contributed by atoms with Crippen LogP contribution in [0.4, 0.5) is 17.6 Å². The van der Waals surface area contributed by atoms with Gasteiger partial charge in [0.15, 0.2) is 5.82 Å². The molecule has 8 nitrogen and oxygen atoms in total. The summed E-state index contributed by atoms with van der Waals surface area (Å²) in [6.45, 7) is 6.12. The highest BCUT2D eigenvalue weighted by molar-refractivity contribution is 6.30. The van der Waals surface area contributed by atoms with E-state index in [9.17, 15) is 0 Å². The minimum absolute atomic E-state index is 0.483. The molecule has 0 spiro atoms. The third kappa shape index (κ3) is 5.40. The van der Waals surface area contributed by atoms with Crippen molar-refractivity contribution < 1.29 is 0 Å². The first-order valence-corrected chi connectivity index (χ1v) is 11.6. The minimum Gasteiger partial charge on any atom is -0.368 e. The Hall–Kier alpha value is -3.78. The highest BCUT2D eigenvalue weighted by Gasteiger charge is 2.21. The number of benzene rings is 1. The first-order chi connectivity index (χ1) is 16.6. The van der Waals surface area contributed by atoms with Gasteiger partial charge >= 0.3 is 0 Å². The van der Waals surface area contributed by atoms with Crippen LogP contribution in [0.2, 0.25) is 5.02 Å². The number of halogens is 1. The van der Waals surface area contributed by atoms with Gasteiger partial charge in [0.25, 0.3) is 0 Å². The molecule has 5 rings (SSSR count). The van der Waals surface area contributed by atoms with E-state index in [1.807, 2.05) is 67.0 Å². The van der Waals surface area contributed by atoms with Gasteiger partial charge in [-0.2, -0.15) is 15.0 Å². The molecule has 1 saturated heterocycles. The monoisotopic (exact) mass is 472 g/mol. The van der Waals surface area contributed by atoms with Crippen molar-refractivity contribution in [3.63, 3.8) is 0 Å². The first kappa shape index (κ1) is 22.0. The zero-order valence-corrected chi connectivity index (χ0v) is 19.7. The number of aliphatic imine (C=N–C) groups is 1. The summed E-state index contributed by atoms with van der Waals surface area (Å²) in [6.07, 6.45) is 9.50. The highest BCUT2D eigenvalue weighted by atomic mass is 35.5. The van der Waals surface area contributed by atoms with E-state index in [1.54, 1.807) is 0 Å². The zero-order chi connectivity index (χ0) is 23.3. The van der Waals surface area contributed by atoms with Crippen LogP contribution in [0.3, 0.4) is 0 Å². The summed E-state index contributed by atoms with van der Waals surface area (Å²) in [5, 5.41) is 3.93. The lowest BCUT2D eigenvalue weighted by molar-refractivity contribution is 0.638. The number of hydrogen-bond donors (Lipinski definition) is 1. The predicted octanol–water partition coefficient (Wildman–Crippen LogP) is 4.19. The van der Waals surface area contributed by atoms with Gasteiger partial charge in [-0.05, 0) is 54.5 Å². The van der Waals surface area contributed by atoms with Crippen LogP contribution >= 0.6 is 11.6 Å². The van der Waals surface area contributed by atoms with Crippen molar-refractivity contribution >= 4 is 47.2 Å². The maximum Gasteiger partial charge on any atom is 0.233 e. The molecule has 4 heterocycles. The Morgan fingerprint density at radius 2 is 1.74 bits per heavy atom. The molecule has 0 atom stereocenters. The van der Waals surface area contributed by atoms with Gasteiger partial charge in [0.05, 0.1) is 6.54 Å². The van der Waals surface area contributed by atoms with Crippen LogP contribution in [0.5, 0.6) is 0 Å². The number of nitrogens with one attached hydrogen (secondary N) is 1. The lowest BCUT2D eigenvalue weighted by Gasteiger charge is -2.36. The Kier molecular flexibility index (Phi) is 6.49. The quantitative estimate of drug-likeness (QED) is 0.596. The number of aromatic nitrogens is 4. The van der Waals surface area contributed by atoms with Crippen molar-refractivity contribution in [2.45, 2.75) is 6.92 Å². The van der Waals surface area contributed by atoms with Crippen molar-refractivity contribution in [1.82, 2.24) is 19.9 Å². The van der Waals surface area contributed by atoms with E-state index in [1.165, 1.54) is 11.3 Å². The van der Waals surface area contributed by atoms with Gasteiger partial charge in [-0.1, -0.05) is 29.8 Å². The molecule has 1 aromatic carbocycles. The molecule has 0 saturated carbocycles. The van der Waals surface area contributed by atoms with Gasteiger partial charge in [-0.15, -0.1) is 0 Å². The molecule has 0 unspecified atom stereocenters. The lowest BCUT2D eigenvalue weighted by Crippen LogP contribution is -2.47. The van der Waals surface area contributed by atoms with E-state index in [4.69, 9.17) is 21.6 Å². The normalized spacial score (nSPS) is 16.1. The van der Waals surface area contributed by atoms with Gasteiger partial charge in [0.1, 0.15) is 5.84 Å². The Bertz CT molecular complexity index is 1250. The van der Waals surface area contributed by atoms with Crippen molar-refractivity contribution in [1.29, 1.82) is 0 Å². The fourth-order valence-electron chi connectivity index (χ4n) is 3.88. The Morgan fingerprint density at radius 1 is 0.941 bits per heavy atom. The number of rotatable bonds is 5. The standard InChI is InChI=1S/C25H25ClN8/c1-18-15-23(28-17-18)30-24-29-22(6-5-19-3-2-4-20(26)16-19)31-25(32-24)34-13-11-33(12-14-34)21-7-9-27-10-8-21/h2-10,15-16H,11-14,17H2,1H3,(H,28,29,30,31,32)/b6-5+. The van der Waals surface area contributed by atoms with Crippen LogP contribution < -0.4 is 15.1 Å². The molecule has 34 heavy (non-hydrogen) atoms. The van der Waals surface area contributed by atoms with Crippen molar-refractivity contribution in [2.24, 2.45) is 4.99 Å². The van der Waals surface area contributed by atoms with Gasteiger partial charge < -0.3 is 15.1 Å². The van der Waals surface area contributed by atoms with Crippen LogP contribution in [0, 0.1) is 0 Å². The molecule has 1 N–H and O–H groups in total. The number of piperazine rings is 1. The van der Waals surface area contributed by atoms with Crippen LogP contribution in [-0.2, 0) is 0 Å². The highest BCUT2D eigenvalue weighted by Crippen LogP contribution is 2.20. The summed E-state index contributed by atoms with van der Waals surface area (Å²) in [6, 6.07) is 11.7. The predicted molar refractivity (Wildman–Crippen MR) is 139 cm³/mol. The second kappa shape index (κ2) is 10.0. The summed E-state index contributed by atoms with van der Waals surface area (Å²) >= 11 is 6.12. The largest absolute Gasteiger partial charge is 0.368 e.